The zero-order valence-electron chi connectivity index (χ0n) is 15.9. The van der Waals surface area contributed by atoms with Crippen LogP contribution in [0.5, 0.6) is 0 Å². The first-order valence-electron chi connectivity index (χ1n) is 9.86. The van der Waals surface area contributed by atoms with Crippen molar-refractivity contribution in [3.05, 3.63) is 65.7 Å². The molecule has 1 saturated carbocycles. The van der Waals surface area contributed by atoms with E-state index in [1.807, 2.05) is 61.5 Å². The van der Waals surface area contributed by atoms with E-state index in [1.165, 1.54) is 0 Å². The minimum atomic E-state index is -0.179. The minimum Gasteiger partial charge on any atom is -0.349 e. The number of hydrogen-bond acceptors (Lipinski definition) is 4. The third kappa shape index (κ3) is 4.24. The van der Waals surface area contributed by atoms with Gasteiger partial charge in [0, 0.05) is 18.2 Å². The fraction of sp³-hybridized carbons (Fsp3) is 0.364. The number of rotatable bonds is 6. The number of hydrogen-bond donors (Lipinski definition) is 4. The quantitative estimate of drug-likeness (QED) is 0.623. The van der Waals surface area contributed by atoms with Crippen LogP contribution in [0.15, 0.2) is 54.6 Å². The van der Waals surface area contributed by atoms with Crippen molar-refractivity contribution in [3.63, 3.8) is 0 Å². The molecule has 6 nitrogen and oxygen atoms in total. The standard InChI is InChI=1S/C22H26N4O2/c1-14(15-9-11-18(12-10-15)25-21(27)17-7-8-17)24-22(28)19-13-23-26-20(19)16-5-3-2-4-6-16/h2-6,9-12,14,17,19-20,23,26H,7-8,13H2,1H3,(H,24,28)(H,25,27). The van der Waals surface area contributed by atoms with Crippen LogP contribution in [-0.2, 0) is 9.59 Å². The maximum Gasteiger partial charge on any atom is 0.227 e. The molecule has 3 atom stereocenters. The van der Waals surface area contributed by atoms with Crippen LogP contribution in [0.1, 0.15) is 43.0 Å². The molecule has 2 aromatic rings. The molecular formula is C22H26N4O2. The van der Waals surface area contributed by atoms with Gasteiger partial charge in [0.1, 0.15) is 0 Å². The molecule has 2 aliphatic rings. The highest BCUT2D eigenvalue weighted by Gasteiger charge is 2.34. The SMILES string of the molecule is CC(NC(=O)C1CNNC1c1ccccc1)c1ccc(NC(=O)C2CC2)cc1. The molecule has 0 spiro atoms. The van der Waals surface area contributed by atoms with E-state index in [9.17, 15) is 9.59 Å². The van der Waals surface area contributed by atoms with E-state index in [2.05, 4.69) is 21.5 Å². The lowest BCUT2D eigenvalue weighted by atomic mass is 9.93. The van der Waals surface area contributed by atoms with E-state index >= 15 is 0 Å². The first-order valence-corrected chi connectivity index (χ1v) is 9.86. The van der Waals surface area contributed by atoms with E-state index in [4.69, 9.17) is 0 Å². The van der Waals surface area contributed by atoms with Gasteiger partial charge in [-0.3, -0.25) is 15.0 Å². The van der Waals surface area contributed by atoms with E-state index in [1.54, 1.807) is 0 Å². The van der Waals surface area contributed by atoms with Crippen LogP contribution in [0, 0.1) is 11.8 Å². The molecule has 1 aliphatic heterocycles. The molecule has 4 rings (SSSR count). The van der Waals surface area contributed by atoms with Crippen molar-refractivity contribution < 1.29 is 9.59 Å². The average Bonchev–Trinajstić information content (AvgIpc) is 3.45. The Kier molecular flexibility index (Phi) is 5.41. The molecule has 6 heteroatoms. The summed E-state index contributed by atoms with van der Waals surface area (Å²) in [7, 11) is 0. The molecule has 4 N–H and O–H groups in total. The van der Waals surface area contributed by atoms with Gasteiger partial charge in [0.2, 0.25) is 11.8 Å². The van der Waals surface area contributed by atoms with E-state index in [0.29, 0.717) is 6.54 Å². The molecule has 1 aliphatic carbocycles. The second kappa shape index (κ2) is 8.12. The molecule has 1 saturated heterocycles. The molecule has 2 amide bonds. The summed E-state index contributed by atoms with van der Waals surface area (Å²) in [6.07, 6.45) is 1.98. The first kappa shape index (κ1) is 18.7. The Bertz CT molecular complexity index is 833. The van der Waals surface area contributed by atoms with Crippen LogP contribution in [0.25, 0.3) is 0 Å². The van der Waals surface area contributed by atoms with Crippen LogP contribution in [0.2, 0.25) is 0 Å². The molecule has 2 aromatic carbocycles. The Hall–Kier alpha value is -2.70. The van der Waals surface area contributed by atoms with Crippen LogP contribution in [-0.4, -0.2) is 18.4 Å². The molecule has 1 heterocycles. The predicted octanol–water partition coefficient (Wildman–Crippen LogP) is 2.68. The topological polar surface area (TPSA) is 82.3 Å². The number of carbonyl (C=O) groups is 2. The zero-order chi connectivity index (χ0) is 19.5. The normalized spacial score (nSPS) is 22.5. The van der Waals surface area contributed by atoms with Gasteiger partial charge in [0.05, 0.1) is 18.0 Å². The summed E-state index contributed by atoms with van der Waals surface area (Å²) >= 11 is 0. The van der Waals surface area contributed by atoms with Crippen molar-refractivity contribution in [1.82, 2.24) is 16.2 Å². The number of hydrazine groups is 1. The van der Waals surface area contributed by atoms with Crippen molar-refractivity contribution in [1.29, 1.82) is 0 Å². The summed E-state index contributed by atoms with van der Waals surface area (Å²) in [5.74, 6) is 0.123. The van der Waals surface area contributed by atoms with E-state index in [-0.39, 0.29) is 35.7 Å². The van der Waals surface area contributed by atoms with E-state index in [0.717, 1.165) is 29.7 Å². The summed E-state index contributed by atoms with van der Waals surface area (Å²) in [5, 5.41) is 6.06. The Morgan fingerprint density at radius 2 is 1.71 bits per heavy atom. The van der Waals surface area contributed by atoms with Crippen molar-refractivity contribution in [2.24, 2.45) is 11.8 Å². The lowest BCUT2D eigenvalue weighted by Gasteiger charge is -2.21. The highest BCUT2D eigenvalue weighted by atomic mass is 16.2. The van der Waals surface area contributed by atoms with Gasteiger partial charge in [-0.1, -0.05) is 42.5 Å². The highest BCUT2D eigenvalue weighted by Crippen LogP contribution is 2.30. The largest absolute Gasteiger partial charge is 0.349 e. The molecular weight excluding hydrogens is 352 g/mol. The smallest absolute Gasteiger partial charge is 0.227 e. The fourth-order valence-corrected chi connectivity index (χ4v) is 3.57. The number of nitrogens with one attached hydrogen (secondary N) is 4. The molecule has 28 heavy (non-hydrogen) atoms. The maximum atomic E-state index is 12.9. The molecule has 0 bridgehead atoms. The minimum absolute atomic E-state index is 0.0185. The number of carbonyl (C=O) groups excluding carboxylic acids is 2. The lowest BCUT2D eigenvalue weighted by molar-refractivity contribution is -0.125. The van der Waals surface area contributed by atoms with Crippen molar-refractivity contribution in [2.75, 3.05) is 11.9 Å². The summed E-state index contributed by atoms with van der Waals surface area (Å²) in [4.78, 5) is 24.7. The fourth-order valence-electron chi connectivity index (χ4n) is 3.57. The molecule has 0 radical (unpaired) electrons. The molecule has 0 aromatic heterocycles. The Labute approximate surface area is 165 Å². The average molecular weight is 378 g/mol. The van der Waals surface area contributed by atoms with Gasteiger partial charge in [0.15, 0.2) is 0 Å². The third-order valence-corrected chi connectivity index (χ3v) is 5.46. The van der Waals surface area contributed by atoms with Gasteiger partial charge in [-0.05, 0) is 43.0 Å². The van der Waals surface area contributed by atoms with Crippen LogP contribution >= 0.6 is 0 Å². The second-order valence-corrected chi connectivity index (χ2v) is 7.64. The Morgan fingerprint density at radius 3 is 2.39 bits per heavy atom. The number of benzene rings is 2. The Morgan fingerprint density at radius 1 is 1.00 bits per heavy atom. The Balaban J connectivity index is 1.36. The lowest BCUT2D eigenvalue weighted by Crippen LogP contribution is -2.36. The van der Waals surface area contributed by atoms with Gasteiger partial charge < -0.3 is 10.6 Å². The number of anilines is 1. The van der Waals surface area contributed by atoms with Gasteiger partial charge in [-0.2, -0.15) is 0 Å². The summed E-state index contributed by atoms with van der Waals surface area (Å²) in [5.41, 5.74) is 9.21. The van der Waals surface area contributed by atoms with Crippen molar-refractivity contribution in [2.45, 2.75) is 31.8 Å². The van der Waals surface area contributed by atoms with Crippen LogP contribution in [0.3, 0.4) is 0 Å². The van der Waals surface area contributed by atoms with Gasteiger partial charge in [-0.15, -0.1) is 0 Å². The molecule has 2 fully saturated rings. The summed E-state index contributed by atoms with van der Waals surface area (Å²) < 4.78 is 0. The van der Waals surface area contributed by atoms with E-state index < -0.39 is 0 Å². The molecule has 3 unspecified atom stereocenters. The van der Waals surface area contributed by atoms with Gasteiger partial charge in [0.25, 0.3) is 0 Å². The first-order chi connectivity index (χ1) is 13.6. The van der Waals surface area contributed by atoms with Crippen LogP contribution < -0.4 is 21.5 Å². The molecule has 146 valence electrons. The summed E-state index contributed by atoms with van der Waals surface area (Å²) in [6, 6.07) is 17.5. The van der Waals surface area contributed by atoms with Gasteiger partial charge >= 0.3 is 0 Å². The zero-order valence-corrected chi connectivity index (χ0v) is 15.9. The highest BCUT2D eigenvalue weighted by molar-refractivity contribution is 5.94. The third-order valence-electron chi connectivity index (χ3n) is 5.46. The number of amides is 2. The maximum absolute atomic E-state index is 12.9. The second-order valence-electron chi connectivity index (χ2n) is 7.64. The predicted molar refractivity (Wildman–Crippen MR) is 108 cm³/mol. The van der Waals surface area contributed by atoms with Crippen LogP contribution in [0.4, 0.5) is 5.69 Å². The van der Waals surface area contributed by atoms with Crippen molar-refractivity contribution in [3.8, 4) is 0 Å². The summed E-state index contributed by atoms with van der Waals surface area (Å²) in [6.45, 7) is 2.56. The monoisotopic (exact) mass is 378 g/mol. The van der Waals surface area contributed by atoms with Gasteiger partial charge in [-0.25, -0.2) is 5.43 Å². The van der Waals surface area contributed by atoms with Crippen molar-refractivity contribution >= 4 is 17.5 Å².